The molecule has 0 saturated carbocycles. The van der Waals surface area contributed by atoms with Crippen LogP contribution in [0.25, 0.3) is 0 Å². The van der Waals surface area contributed by atoms with Gasteiger partial charge in [-0.05, 0) is 25.0 Å². The molecule has 0 aliphatic heterocycles. The minimum absolute atomic E-state index is 0.215. The summed E-state index contributed by atoms with van der Waals surface area (Å²) in [7, 11) is 2.02. The number of nitrogens with one attached hydrogen (secondary N) is 1. The van der Waals surface area contributed by atoms with Gasteiger partial charge in [0.25, 0.3) is 0 Å². The maximum atomic E-state index is 5.66. The average Bonchev–Trinajstić information content (AvgIpc) is 3.00. The molecule has 1 unspecified atom stereocenters. The van der Waals surface area contributed by atoms with Crippen molar-refractivity contribution in [3.8, 4) is 0 Å². The smallest absolute Gasteiger partial charge is 0.108 e. The number of rotatable bonds is 6. The Balaban J connectivity index is 1.99. The molecule has 2 aromatic heterocycles. The summed E-state index contributed by atoms with van der Waals surface area (Å²) >= 11 is 1.84. The zero-order valence-electron chi connectivity index (χ0n) is 10.9. The van der Waals surface area contributed by atoms with Gasteiger partial charge in [0.2, 0.25) is 0 Å². The lowest BCUT2D eigenvalue weighted by atomic mass is 10.1. The molecule has 0 spiro atoms. The van der Waals surface area contributed by atoms with Crippen LogP contribution in [0.5, 0.6) is 0 Å². The van der Waals surface area contributed by atoms with E-state index in [1.165, 1.54) is 9.75 Å². The van der Waals surface area contributed by atoms with Gasteiger partial charge in [-0.25, -0.2) is 4.98 Å². The maximum absolute atomic E-state index is 5.66. The van der Waals surface area contributed by atoms with Crippen LogP contribution in [0.3, 0.4) is 0 Å². The van der Waals surface area contributed by atoms with E-state index in [4.69, 9.17) is 5.84 Å². The Morgan fingerprint density at radius 1 is 1.50 bits per heavy atom. The highest BCUT2D eigenvalue weighted by atomic mass is 32.1. The van der Waals surface area contributed by atoms with Crippen LogP contribution in [-0.4, -0.2) is 9.55 Å². The quantitative estimate of drug-likeness (QED) is 0.621. The van der Waals surface area contributed by atoms with E-state index in [9.17, 15) is 0 Å². The zero-order chi connectivity index (χ0) is 13.0. The van der Waals surface area contributed by atoms with Crippen LogP contribution < -0.4 is 11.3 Å². The zero-order valence-corrected chi connectivity index (χ0v) is 11.7. The molecule has 0 aliphatic carbocycles. The predicted octanol–water partition coefficient (Wildman–Crippen LogP) is 2.18. The molecule has 0 saturated heterocycles. The number of aromatic nitrogens is 2. The summed E-state index contributed by atoms with van der Waals surface area (Å²) in [5, 5.41) is 0. The lowest BCUT2D eigenvalue weighted by molar-refractivity contribution is 0.513. The summed E-state index contributed by atoms with van der Waals surface area (Å²) in [6, 6.07) is 4.57. The minimum atomic E-state index is 0.215. The molecule has 2 rings (SSSR count). The van der Waals surface area contributed by atoms with Gasteiger partial charge in [0.05, 0.1) is 6.04 Å². The minimum Gasteiger partial charge on any atom is -0.338 e. The number of nitrogens with two attached hydrogens (primary N) is 1. The first kappa shape index (κ1) is 13.3. The van der Waals surface area contributed by atoms with Crippen LogP contribution in [0.4, 0.5) is 0 Å². The lowest BCUT2D eigenvalue weighted by Crippen LogP contribution is -2.28. The van der Waals surface area contributed by atoms with Crippen molar-refractivity contribution in [2.45, 2.75) is 32.2 Å². The van der Waals surface area contributed by atoms with Crippen molar-refractivity contribution in [3.05, 3.63) is 40.1 Å². The van der Waals surface area contributed by atoms with Crippen molar-refractivity contribution in [1.82, 2.24) is 15.0 Å². The molecule has 0 aromatic carbocycles. The Kier molecular flexibility index (Phi) is 4.52. The molecule has 0 radical (unpaired) electrons. The summed E-state index contributed by atoms with van der Waals surface area (Å²) in [4.78, 5) is 7.05. The van der Waals surface area contributed by atoms with Crippen molar-refractivity contribution < 1.29 is 0 Å². The molecule has 0 bridgehead atoms. The third kappa shape index (κ3) is 2.98. The molecular weight excluding hydrogens is 244 g/mol. The number of hydrogen-bond donors (Lipinski definition) is 2. The van der Waals surface area contributed by atoms with Crippen molar-refractivity contribution in [2.75, 3.05) is 0 Å². The van der Waals surface area contributed by atoms with Gasteiger partial charge in [0, 0.05) is 35.6 Å². The fourth-order valence-corrected chi connectivity index (χ4v) is 3.04. The molecule has 0 fully saturated rings. The van der Waals surface area contributed by atoms with Crippen LogP contribution in [0.15, 0.2) is 24.5 Å². The van der Waals surface area contributed by atoms with Gasteiger partial charge in [-0.1, -0.05) is 6.92 Å². The van der Waals surface area contributed by atoms with Crippen molar-refractivity contribution in [1.29, 1.82) is 0 Å². The molecular formula is C13H20N4S. The summed E-state index contributed by atoms with van der Waals surface area (Å²) in [5.74, 6) is 6.76. The Hall–Kier alpha value is -1.17. The van der Waals surface area contributed by atoms with Crippen LogP contribution in [0.2, 0.25) is 0 Å². The third-order valence-corrected chi connectivity index (χ3v) is 4.50. The Labute approximate surface area is 112 Å². The van der Waals surface area contributed by atoms with E-state index >= 15 is 0 Å². The third-order valence-electron chi connectivity index (χ3n) is 3.15. The summed E-state index contributed by atoms with van der Waals surface area (Å²) in [6.45, 7) is 2.17. The Bertz CT molecular complexity index is 489. The van der Waals surface area contributed by atoms with Crippen molar-refractivity contribution in [2.24, 2.45) is 12.9 Å². The first-order valence-electron chi connectivity index (χ1n) is 6.25. The van der Waals surface area contributed by atoms with Crippen LogP contribution in [0, 0.1) is 0 Å². The Morgan fingerprint density at radius 3 is 2.89 bits per heavy atom. The SMILES string of the molecule is CCc1ccc(C(CCc2nccn2C)NN)s1. The van der Waals surface area contributed by atoms with Crippen LogP contribution >= 0.6 is 11.3 Å². The number of aryl methyl sites for hydroxylation is 3. The van der Waals surface area contributed by atoms with E-state index in [2.05, 4.69) is 34.0 Å². The predicted molar refractivity (Wildman–Crippen MR) is 75.3 cm³/mol. The van der Waals surface area contributed by atoms with Gasteiger partial charge in [0.15, 0.2) is 0 Å². The summed E-state index contributed by atoms with van der Waals surface area (Å²) < 4.78 is 2.06. The molecule has 18 heavy (non-hydrogen) atoms. The molecule has 0 aliphatic rings. The molecule has 2 aromatic rings. The highest BCUT2D eigenvalue weighted by Crippen LogP contribution is 2.26. The number of thiophene rings is 1. The fraction of sp³-hybridized carbons (Fsp3) is 0.462. The van der Waals surface area contributed by atoms with Crippen molar-refractivity contribution >= 4 is 11.3 Å². The molecule has 0 amide bonds. The van der Waals surface area contributed by atoms with Gasteiger partial charge < -0.3 is 4.57 Å². The summed E-state index contributed by atoms with van der Waals surface area (Å²) in [5.41, 5.74) is 2.91. The van der Waals surface area contributed by atoms with E-state index < -0.39 is 0 Å². The summed E-state index contributed by atoms with van der Waals surface area (Å²) in [6.07, 6.45) is 6.78. The van der Waals surface area contributed by atoms with Crippen molar-refractivity contribution in [3.63, 3.8) is 0 Å². The van der Waals surface area contributed by atoms with Gasteiger partial charge in [-0.2, -0.15) is 0 Å². The second-order valence-electron chi connectivity index (χ2n) is 4.37. The first-order chi connectivity index (χ1) is 8.74. The lowest BCUT2D eigenvalue weighted by Gasteiger charge is -2.13. The van der Waals surface area contributed by atoms with E-state index in [0.717, 1.165) is 25.1 Å². The standard InChI is InChI=1S/C13H20N4S/c1-3-10-4-6-12(18-10)11(16-14)5-7-13-15-8-9-17(13)2/h4,6,8-9,11,16H,3,5,7,14H2,1-2H3. The topological polar surface area (TPSA) is 55.9 Å². The number of hydrazine groups is 1. The second kappa shape index (κ2) is 6.13. The molecule has 4 nitrogen and oxygen atoms in total. The van der Waals surface area contributed by atoms with Crippen LogP contribution in [0.1, 0.15) is 35.0 Å². The highest BCUT2D eigenvalue weighted by molar-refractivity contribution is 7.12. The Morgan fingerprint density at radius 2 is 2.33 bits per heavy atom. The van der Waals surface area contributed by atoms with Gasteiger partial charge in [-0.15, -0.1) is 11.3 Å². The number of imidazole rings is 1. The highest BCUT2D eigenvalue weighted by Gasteiger charge is 2.13. The van der Waals surface area contributed by atoms with E-state index in [1.54, 1.807) is 0 Å². The first-order valence-corrected chi connectivity index (χ1v) is 7.07. The molecule has 3 N–H and O–H groups in total. The monoisotopic (exact) mass is 264 g/mol. The molecule has 98 valence electrons. The van der Waals surface area contributed by atoms with Crippen LogP contribution in [-0.2, 0) is 19.9 Å². The van der Waals surface area contributed by atoms with E-state index in [-0.39, 0.29) is 6.04 Å². The fourth-order valence-electron chi connectivity index (χ4n) is 1.99. The molecule has 5 heteroatoms. The van der Waals surface area contributed by atoms with E-state index in [0.29, 0.717) is 0 Å². The number of hydrogen-bond acceptors (Lipinski definition) is 4. The van der Waals surface area contributed by atoms with Gasteiger partial charge in [-0.3, -0.25) is 11.3 Å². The molecule has 1 atom stereocenters. The normalized spacial score (nSPS) is 12.8. The second-order valence-corrected chi connectivity index (χ2v) is 5.57. The number of nitrogens with zero attached hydrogens (tertiary/aromatic N) is 2. The average molecular weight is 264 g/mol. The van der Waals surface area contributed by atoms with Gasteiger partial charge >= 0.3 is 0 Å². The largest absolute Gasteiger partial charge is 0.338 e. The molecule has 2 heterocycles. The van der Waals surface area contributed by atoms with E-state index in [1.807, 2.05) is 30.8 Å². The van der Waals surface area contributed by atoms with Gasteiger partial charge in [0.1, 0.15) is 5.82 Å². The maximum Gasteiger partial charge on any atom is 0.108 e.